The highest BCUT2D eigenvalue weighted by Gasteiger charge is 2.25. The Balaban J connectivity index is 2.10. The highest BCUT2D eigenvalue weighted by Crippen LogP contribution is 2.23. The van der Waals surface area contributed by atoms with E-state index in [0.29, 0.717) is 17.2 Å². The van der Waals surface area contributed by atoms with Crippen LogP contribution in [0.3, 0.4) is 0 Å². The second-order valence-corrected chi connectivity index (χ2v) is 5.42. The second-order valence-electron chi connectivity index (χ2n) is 4.98. The largest absolute Gasteiger partial charge is 0.398 e. The zero-order valence-electron chi connectivity index (χ0n) is 11.0. The lowest BCUT2D eigenvalue weighted by Gasteiger charge is -2.38. The second kappa shape index (κ2) is 5.91. The van der Waals surface area contributed by atoms with Crippen molar-refractivity contribution in [3.63, 3.8) is 0 Å². The average Bonchev–Trinajstić information content (AvgIpc) is 2.33. The van der Waals surface area contributed by atoms with E-state index in [4.69, 9.17) is 22.1 Å². The molecule has 0 spiro atoms. The average molecular weight is 269 g/mol. The molecule has 2 unspecified atom stereocenters. The summed E-state index contributed by atoms with van der Waals surface area (Å²) in [4.78, 5) is 2.45. The van der Waals surface area contributed by atoms with E-state index >= 15 is 0 Å². The third kappa shape index (κ3) is 3.16. The minimum absolute atomic E-state index is 0.293. The van der Waals surface area contributed by atoms with Crippen molar-refractivity contribution < 1.29 is 4.74 Å². The van der Waals surface area contributed by atoms with Gasteiger partial charge in [-0.05, 0) is 31.0 Å². The van der Waals surface area contributed by atoms with Crippen molar-refractivity contribution in [3.8, 4) is 0 Å². The van der Waals surface area contributed by atoms with Gasteiger partial charge in [0.1, 0.15) is 0 Å². The molecule has 0 aromatic heterocycles. The molecule has 2 rings (SSSR count). The maximum Gasteiger partial charge on any atom is 0.0674 e. The minimum Gasteiger partial charge on any atom is -0.398 e. The van der Waals surface area contributed by atoms with Gasteiger partial charge in [-0.2, -0.15) is 0 Å². The predicted octanol–water partition coefficient (Wildman–Crippen LogP) is 2.92. The molecule has 1 aromatic rings. The molecular weight excluding hydrogens is 248 g/mol. The monoisotopic (exact) mass is 268 g/mol. The molecule has 2 N–H and O–H groups in total. The van der Waals surface area contributed by atoms with Crippen LogP contribution in [0, 0.1) is 0 Å². The zero-order chi connectivity index (χ0) is 13.1. The summed E-state index contributed by atoms with van der Waals surface area (Å²) in [5, 5.41) is 0.693. The normalized spacial score (nSPS) is 25.3. The highest BCUT2D eigenvalue weighted by molar-refractivity contribution is 6.30. The Bertz CT molecular complexity index is 411. The number of anilines is 1. The van der Waals surface area contributed by atoms with Crippen LogP contribution in [0.25, 0.3) is 0 Å². The molecule has 1 aliphatic rings. The van der Waals surface area contributed by atoms with Gasteiger partial charge < -0.3 is 10.5 Å². The van der Waals surface area contributed by atoms with Crippen LogP contribution in [-0.4, -0.2) is 30.2 Å². The third-order valence-electron chi connectivity index (χ3n) is 3.53. The number of benzene rings is 1. The Hall–Kier alpha value is -0.770. The molecule has 0 bridgehead atoms. The SMILES string of the molecule is CCC1COC(C)CN1Cc1ccc(Cl)cc1N. The number of rotatable bonds is 3. The van der Waals surface area contributed by atoms with Crippen molar-refractivity contribution in [1.29, 1.82) is 0 Å². The van der Waals surface area contributed by atoms with E-state index in [1.807, 2.05) is 18.2 Å². The Morgan fingerprint density at radius 3 is 2.94 bits per heavy atom. The first kappa shape index (κ1) is 13.7. The Kier molecular flexibility index (Phi) is 4.49. The van der Waals surface area contributed by atoms with Gasteiger partial charge in [-0.1, -0.05) is 24.6 Å². The number of ether oxygens (including phenoxy) is 1. The molecule has 1 aliphatic heterocycles. The van der Waals surface area contributed by atoms with Crippen LogP contribution >= 0.6 is 11.6 Å². The first-order valence-corrected chi connectivity index (χ1v) is 6.87. The summed E-state index contributed by atoms with van der Waals surface area (Å²) >= 11 is 5.93. The van der Waals surface area contributed by atoms with Crippen molar-refractivity contribution in [3.05, 3.63) is 28.8 Å². The number of hydrogen-bond donors (Lipinski definition) is 1. The number of nitrogens with two attached hydrogens (primary N) is 1. The van der Waals surface area contributed by atoms with Crippen LogP contribution in [0.1, 0.15) is 25.8 Å². The van der Waals surface area contributed by atoms with Gasteiger partial charge in [-0.15, -0.1) is 0 Å². The van der Waals surface area contributed by atoms with E-state index < -0.39 is 0 Å². The van der Waals surface area contributed by atoms with E-state index in [1.54, 1.807) is 0 Å². The number of halogens is 1. The molecule has 2 atom stereocenters. The standard InChI is InChI=1S/C14H21ClN2O/c1-3-13-9-18-10(2)7-17(13)8-11-4-5-12(15)6-14(11)16/h4-6,10,13H,3,7-9,16H2,1-2H3. The molecule has 1 aromatic carbocycles. The van der Waals surface area contributed by atoms with Gasteiger partial charge in [-0.3, -0.25) is 4.90 Å². The summed E-state index contributed by atoms with van der Waals surface area (Å²) in [5.74, 6) is 0. The van der Waals surface area contributed by atoms with E-state index in [-0.39, 0.29) is 0 Å². The number of nitrogens with zero attached hydrogens (tertiary/aromatic N) is 1. The Morgan fingerprint density at radius 1 is 1.50 bits per heavy atom. The summed E-state index contributed by atoms with van der Waals surface area (Å²) in [6, 6.07) is 6.22. The fourth-order valence-electron chi connectivity index (χ4n) is 2.41. The molecule has 0 saturated carbocycles. The van der Waals surface area contributed by atoms with Gasteiger partial charge in [0.05, 0.1) is 12.7 Å². The quantitative estimate of drug-likeness (QED) is 0.857. The maximum absolute atomic E-state index is 6.02. The van der Waals surface area contributed by atoms with Crippen LogP contribution in [0.2, 0.25) is 5.02 Å². The van der Waals surface area contributed by atoms with E-state index in [2.05, 4.69) is 18.7 Å². The van der Waals surface area contributed by atoms with Crippen molar-refractivity contribution in [2.24, 2.45) is 0 Å². The molecule has 18 heavy (non-hydrogen) atoms. The van der Waals surface area contributed by atoms with Crippen molar-refractivity contribution in [1.82, 2.24) is 4.90 Å². The lowest BCUT2D eigenvalue weighted by atomic mass is 10.1. The smallest absolute Gasteiger partial charge is 0.0674 e. The molecule has 3 nitrogen and oxygen atoms in total. The van der Waals surface area contributed by atoms with Gasteiger partial charge >= 0.3 is 0 Å². The van der Waals surface area contributed by atoms with Crippen molar-refractivity contribution >= 4 is 17.3 Å². The number of morpholine rings is 1. The van der Waals surface area contributed by atoms with Gasteiger partial charge in [0, 0.05) is 29.8 Å². The number of nitrogen functional groups attached to an aromatic ring is 1. The van der Waals surface area contributed by atoms with Crippen LogP contribution in [-0.2, 0) is 11.3 Å². The first-order chi connectivity index (χ1) is 8.60. The molecule has 0 aliphatic carbocycles. The fraction of sp³-hybridized carbons (Fsp3) is 0.571. The van der Waals surface area contributed by atoms with Crippen LogP contribution in [0.5, 0.6) is 0 Å². The van der Waals surface area contributed by atoms with Gasteiger partial charge in [0.2, 0.25) is 0 Å². The van der Waals surface area contributed by atoms with E-state index in [1.165, 1.54) is 0 Å². The summed E-state index contributed by atoms with van der Waals surface area (Å²) in [7, 11) is 0. The topological polar surface area (TPSA) is 38.5 Å². The van der Waals surface area contributed by atoms with Gasteiger partial charge in [0.15, 0.2) is 0 Å². The molecule has 100 valence electrons. The van der Waals surface area contributed by atoms with Gasteiger partial charge in [-0.25, -0.2) is 0 Å². The highest BCUT2D eigenvalue weighted by atomic mass is 35.5. The lowest BCUT2D eigenvalue weighted by molar-refractivity contribution is -0.0591. The predicted molar refractivity (Wildman–Crippen MR) is 75.8 cm³/mol. The zero-order valence-corrected chi connectivity index (χ0v) is 11.8. The van der Waals surface area contributed by atoms with E-state index in [0.717, 1.165) is 37.4 Å². The van der Waals surface area contributed by atoms with Crippen molar-refractivity contribution in [2.75, 3.05) is 18.9 Å². The molecule has 1 saturated heterocycles. The fourth-order valence-corrected chi connectivity index (χ4v) is 2.59. The molecule has 1 heterocycles. The molecule has 1 fully saturated rings. The molecule has 4 heteroatoms. The van der Waals surface area contributed by atoms with Crippen LogP contribution in [0.4, 0.5) is 5.69 Å². The van der Waals surface area contributed by atoms with Crippen LogP contribution < -0.4 is 5.73 Å². The van der Waals surface area contributed by atoms with E-state index in [9.17, 15) is 0 Å². The lowest BCUT2D eigenvalue weighted by Crippen LogP contribution is -2.47. The van der Waals surface area contributed by atoms with Crippen LogP contribution in [0.15, 0.2) is 18.2 Å². The van der Waals surface area contributed by atoms with Gasteiger partial charge in [0.25, 0.3) is 0 Å². The summed E-state index contributed by atoms with van der Waals surface area (Å²) in [6.07, 6.45) is 1.39. The first-order valence-electron chi connectivity index (χ1n) is 6.49. The Labute approximate surface area is 114 Å². The number of hydrogen-bond acceptors (Lipinski definition) is 3. The third-order valence-corrected chi connectivity index (χ3v) is 3.77. The molecular formula is C14H21ClN2O. The summed E-state index contributed by atoms with van der Waals surface area (Å²) in [6.45, 7) is 6.95. The molecule has 0 amide bonds. The Morgan fingerprint density at radius 2 is 2.28 bits per heavy atom. The van der Waals surface area contributed by atoms with Crippen molar-refractivity contribution in [2.45, 2.75) is 39.0 Å². The molecule has 0 radical (unpaired) electrons. The summed E-state index contributed by atoms with van der Waals surface area (Å²) < 4.78 is 5.70. The summed E-state index contributed by atoms with van der Waals surface area (Å²) in [5.41, 5.74) is 7.94. The minimum atomic E-state index is 0.293. The maximum atomic E-state index is 6.02.